The van der Waals surface area contributed by atoms with Gasteiger partial charge in [0.15, 0.2) is 0 Å². The Balaban J connectivity index is 1.95. The van der Waals surface area contributed by atoms with Gasteiger partial charge in [0.25, 0.3) is 0 Å². The number of hydrogen-bond acceptors (Lipinski definition) is 4. The van der Waals surface area contributed by atoms with Crippen LogP contribution in [0.15, 0.2) is 30.5 Å². The van der Waals surface area contributed by atoms with Gasteiger partial charge in [-0.1, -0.05) is 12.5 Å². The minimum atomic E-state index is -1.39. The standard InChI is InChI=1S/C19H21BFNO4/c1-11-4-3-7-22-18(11)15-10-14-13(9-16(15)21)8-12(17(14)19(23)24)5-2-6-20(25)26/h3-4,7,9-10,12,17,25-26H,2,5-6,8H2,1H3,(H,23,24). The Labute approximate surface area is 151 Å². The van der Waals surface area contributed by atoms with E-state index in [0.29, 0.717) is 41.6 Å². The van der Waals surface area contributed by atoms with Gasteiger partial charge in [-0.25, -0.2) is 4.39 Å². The van der Waals surface area contributed by atoms with Gasteiger partial charge in [-0.05, 0) is 66.9 Å². The van der Waals surface area contributed by atoms with Crippen LogP contribution in [-0.4, -0.2) is 33.2 Å². The third-order valence-electron chi connectivity index (χ3n) is 5.09. The lowest BCUT2D eigenvalue weighted by atomic mass is 9.80. The highest BCUT2D eigenvalue weighted by molar-refractivity contribution is 6.40. The smallest absolute Gasteiger partial charge is 0.451 e. The van der Waals surface area contributed by atoms with Gasteiger partial charge >= 0.3 is 13.1 Å². The molecule has 0 saturated carbocycles. The number of aryl methyl sites for hydroxylation is 1. The monoisotopic (exact) mass is 357 g/mol. The fourth-order valence-electron chi connectivity index (χ4n) is 3.87. The molecule has 0 spiro atoms. The fourth-order valence-corrected chi connectivity index (χ4v) is 3.87. The topological polar surface area (TPSA) is 90.7 Å². The molecule has 7 heteroatoms. The van der Waals surface area contributed by atoms with Crippen molar-refractivity contribution in [2.75, 3.05) is 0 Å². The van der Waals surface area contributed by atoms with Crippen molar-refractivity contribution < 1.29 is 24.3 Å². The predicted molar refractivity (Wildman–Crippen MR) is 96.2 cm³/mol. The first-order chi connectivity index (χ1) is 12.4. The van der Waals surface area contributed by atoms with E-state index in [1.165, 1.54) is 6.07 Å². The van der Waals surface area contributed by atoms with Crippen molar-refractivity contribution in [2.45, 2.75) is 38.4 Å². The Morgan fingerprint density at radius 3 is 2.81 bits per heavy atom. The second kappa shape index (κ2) is 7.56. The first-order valence-electron chi connectivity index (χ1n) is 8.71. The number of nitrogens with zero attached hydrogens (tertiary/aromatic N) is 1. The molecule has 3 N–H and O–H groups in total. The average Bonchev–Trinajstić information content (AvgIpc) is 2.91. The van der Waals surface area contributed by atoms with Crippen molar-refractivity contribution in [3.05, 3.63) is 53.0 Å². The number of carboxylic acids is 1. The van der Waals surface area contributed by atoms with E-state index in [1.807, 2.05) is 13.0 Å². The first kappa shape index (κ1) is 18.5. The zero-order chi connectivity index (χ0) is 18.8. The van der Waals surface area contributed by atoms with Crippen molar-refractivity contribution >= 4 is 13.1 Å². The van der Waals surface area contributed by atoms with Crippen LogP contribution in [0.4, 0.5) is 4.39 Å². The summed E-state index contributed by atoms with van der Waals surface area (Å²) in [7, 11) is -1.39. The number of hydrogen-bond donors (Lipinski definition) is 3. The quantitative estimate of drug-likeness (QED) is 0.692. The van der Waals surface area contributed by atoms with Crippen LogP contribution in [-0.2, 0) is 11.2 Å². The van der Waals surface area contributed by atoms with E-state index in [4.69, 9.17) is 10.0 Å². The number of pyridine rings is 1. The van der Waals surface area contributed by atoms with Crippen LogP contribution in [0, 0.1) is 18.7 Å². The summed E-state index contributed by atoms with van der Waals surface area (Å²) in [6.45, 7) is 1.84. The Kier molecular flexibility index (Phi) is 5.39. The molecule has 1 aliphatic carbocycles. The summed E-state index contributed by atoms with van der Waals surface area (Å²) in [5.74, 6) is -2.24. The molecule has 0 fully saturated rings. The van der Waals surface area contributed by atoms with E-state index in [1.54, 1.807) is 18.3 Å². The number of aromatic nitrogens is 1. The summed E-state index contributed by atoms with van der Waals surface area (Å²) in [5.41, 5.74) is 3.00. The maximum absolute atomic E-state index is 14.7. The van der Waals surface area contributed by atoms with Gasteiger partial charge in [-0.3, -0.25) is 9.78 Å². The lowest BCUT2D eigenvalue weighted by Gasteiger charge is -2.16. The van der Waals surface area contributed by atoms with Crippen molar-refractivity contribution in [2.24, 2.45) is 5.92 Å². The number of carbonyl (C=O) groups is 1. The molecule has 0 saturated heterocycles. The highest BCUT2D eigenvalue weighted by Crippen LogP contribution is 2.43. The molecule has 1 aromatic carbocycles. The molecule has 1 aromatic heterocycles. The molecule has 2 unspecified atom stereocenters. The summed E-state index contributed by atoms with van der Waals surface area (Å²) in [6, 6.07) is 6.66. The molecule has 26 heavy (non-hydrogen) atoms. The van der Waals surface area contributed by atoms with Gasteiger partial charge in [0.05, 0.1) is 11.6 Å². The molecule has 0 amide bonds. The van der Waals surface area contributed by atoms with E-state index in [9.17, 15) is 14.3 Å². The van der Waals surface area contributed by atoms with E-state index < -0.39 is 24.8 Å². The Morgan fingerprint density at radius 1 is 1.38 bits per heavy atom. The van der Waals surface area contributed by atoms with E-state index >= 15 is 0 Å². The third-order valence-corrected chi connectivity index (χ3v) is 5.09. The van der Waals surface area contributed by atoms with E-state index in [-0.39, 0.29) is 12.2 Å². The summed E-state index contributed by atoms with van der Waals surface area (Å²) in [5, 5.41) is 27.7. The van der Waals surface area contributed by atoms with Crippen LogP contribution in [0.2, 0.25) is 6.32 Å². The second-order valence-corrected chi connectivity index (χ2v) is 6.89. The normalized spacial score (nSPS) is 18.6. The SMILES string of the molecule is Cc1cccnc1-c1cc2c(cc1F)CC(CCCB(O)O)C2C(=O)O. The van der Waals surface area contributed by atoms with Gasteiger partial charge in [0.2, 0.25) is 0 Å². The van der Waals surface area contributed by atoms with E-state index in [2.05, 4.69) is 4.98 Å². The zero-order valence-electron chi connectivity index (χ0n) is 14.5. The summed E-state index contributed by atoms with van der Waals surface area (Å²) in [6.07, 6.45) is 3.32. The van der Waals surface area contributed by atoms with Crippen molar-refractivity contribution in [1.82, 2.24) is 4.98 Å². The molecule has 5 nitrogen and oxygen atoms in total. The van der Waals surface area contributed by atoms with Crippen molar-refractivity contribution in [3.8, 4) is 11.3 Å². The Morgan fingerprint density at radius 2 is 2.15 bits per heavy atom. The molecule has 136 valence electrons. The van der Waals surface area contributed by atoms with E-state index in [0.717, 1.165) is 5.56 Å². The highest BCUT2D eigenvalue weighted by atomic mass is 19.1. The van der Waals surface area contributed by atoms with Crippen molar-refractivity contribution in [1.29, 1.82) is 0 Å². The van der Waals surface area contributed by atoms with Crippen LogP contribution in [0.3, 0.4) is 0 Å². The number of fused-ring (bicyclic) bond motifs is 1. The molecule has 1 heterocycles. The lowest BCUT2D eigenvalue weighted by molar-refractivity contribution is -0.139. The van der Waals surface area contributed by atoms with Crippen LogP contribution in [0.1, 0.15) is 35.4 Å². The summed E-state index contributed by atoms with van der Waals surface area (Å²) >= 11 is 0. The molecule has 0 aliphatic heterocycles. The number of halogens is 1. The molecule has 0 bridgehead atoms. The van der Waals surface area contributed by atoms with Gasteiger partial charge in [0, 0.05) is 11.8 Å². The lowest BCUT2D eigenvalue weighted by Crippen LogP contribution is -2.18. The zero-order valence-corrected chi connectivity index (χ0v) is 14.5. The van der Waals surface area contributed by atoms with Gasteiger partial charge < -0.3 is 15.2 Å². The number of aliphatic carboxylic acids is 1. The molecule has 2 atom stereocenters. The maximum Gasteiger partial charge on any atom is 0.451 e. The first-order valence-corrected chi connectivity index (χ1v) is 8.71. The molecule has 3 rings (SSSR count). The Bertz CT molecular complexity index is 827. The van der Waals surface area contributed by atoms with Crippen molar-refractivity contribution in [3.63, 3.8) is 0 Å². The number of benzene rings is 1. The minimum Gasteiger partial charge on any atom is -0.481 e. The average molecular weight is 357 g/mol. The van der Waals surface area contributed by atoms with Crippen LogP contribution in [0.25, 0.3) is 11.3 Å². The van der Waals surface area contributed by atoms with Crippen LogP contribution in [0.5, 0.6) is 0 Å². The number of carboxylic acid groups (broad SMARTS) is 1. The van der Waals surface area contributed by atoms with Crippen LogP contribution >= 0.6 is 0 Å². The summed E-state index contributed by atoms with van der Waals surface area (Å²) < 4.78 is 14.7. The third kappa shape index (κ3) is 3.64. The van der Waals surface area contributed by atoms with Crippen LogP contribution < -0.4 is 0 Å². The minimum absolute atomic E-state index is 0.180. The number of rotatable bonds is 6. The second-order valence-electron chi connectivity index (χ2n) is 6.89. The largest absolute Gasteiger partial charge is 0.481 e. The molecule has 2 aromatic rings. The fraction of sp³-hybridized carbons (Fsp3) is 0.368. The molecular formula is C19H21BFNO4. The molecular weight excluding hydrogens is 336 g/mol. The van der Waals surface area contributed by atoms with Gasteiger partial charge in [-0.2, -0.15) is 0 Å². The van der Waals surface area contributed by atoms with Gasteiger partial charge in [0.1, 0.15) is 5.82 Å². The summed E-state index contributed by atoms with van der Waals surface area (Å²) in [4.78, 5) is 16.1. The Hall–Kier alpha value is -2.25. The molecule has 1 aliphatic rings. The predicted octanol–water partition coefficient (Wildman–Crippen LogP) is 2.79. The maximum atomic E-state index is 14.7. The molecule has 0 radical (unpaired) electrons. The van der Waals surface area contributed by atoms with Gasteiger partial charge in [-0.15, -0.1) is 0 Å². The highest BCUT2D eigenvalue weighted by Gasteiger charge is 2.38.